The summed E-state index contributed by atoms with van der Waals surface area (Å²) >= 11 is 0. The number of fused-ring (bicyclic) bond motifs is 1. The van der Waals surface area contributed by atoms with Crippen LogP contribution in [0.5, 0.6) is 23.0 Å². The Balaban J connectivity index is 1.36. The van der Waals surface area contributed by atoms with Crippen molar-refractivity contribution in [1.82, 2.24) is 4.90 Å². The molecule has 1 unspecified atom stereocenters. The van der Waals surface area contributed by atoms with Gasteiger partial charge in [0.1, 0.15) is 29.6 Å². The lowest BCUT2D eigenvalue weighted by molar-refractivity contribution is 0.0985. The molecule has 2 aliphatic heterocycles. The summed E-state index contributed by atoms with van der Waals surface area (Å²) in [6.45, 7) is 4.37. The van der Waals surface area contributed by atoms with E-state index in [0.717, 1.165) is 25.2 Å². The Bertz CT molecular complexity index is 1210. The molecule has 3 aromatic rings. The first-order valence-electron chi connectivity index (χ1n) is 12.6. The molecule has 1 saturated heterocycles. The number of hydrogen-bond acceptors (Lipinski definition) is 6. The number of phenols is 2. The minimum atomic E-state index is -0.181. The van der Waals surface area contributed by atoms with Crippen molar-refractivity contribution in [3.05, 3.63) is 77.9 Å². The van der Waals surface area contributed by atoms with E-state index in [1.165, 1.54) is 25.3 Å². The molecule has 36 heavy (non-hydrogen) atoms. The van der Waals surface area contributed by atoms with Gasteiger partial charge >= 0.3 is 0 Å². The van der Waals surface area contributed by atoms with Gasteiger partial charge in [0.2, 0.25) is 0 Å². The zero-order valence-electron chi connectivity index (χ0n) is 20.3. The van der Waals surface area contributed by atoms with E-state index in [0.29, 0.717) is 42.5 Å². The number of carbonyl (C=O) groups is 1. The summed E-state index contributed by atoms with van der Waals surface area (Å²) in [4.78, 5) is 17.9. The van der Waals surface area contributed by atoms with Gasteiger partial charge in [0.05, 0.1) is 12.3 Å². The number of likely N-dealkylation sites (tertiary alicyclic amines) is 1. The molecule has 2 heterocycles. The van der Waals surface area contributed by atoms with Gasteiger partial charge in [-0.15, -0.1) is 0 Å². The lowest BCUT2D eigenvalue weighted by atomic mass is 9.98. The minimum absolute atomic E-state index is 0.0704. The van der Waals surface area contributed by atoms with Crippen LogP contribution in [0.3, 0.4) is 0 Å². The van der Waals surface area contributed by atoms with Crippen LogP contribution in [0.1, 0.15) is 41.1 Å². The number of aromatic hydroxyl groups is 2. The Morgan fingerprint density at radius 1 is 0.944 bits per heavy atom. The molecule has 1 fully saturated rings. The largest absolute Gasteiger partial charge is 0.508 e. The molecule has 0 radical (unpaired) electrons. The number of ether oxygens (including phenoxy) is 2. The molecular weight excluding hydrogens is 456 g/mol. The number of phenolic OH excluding ortho intramolecular Hbond substituents is 2. The molecule has 7 heteroatoms. The second-order valence-corrected chi connectivity index (χ2v) is 9.45. The predicted octanol–water partition coefficient (Wildman–Crippen LogP) is 4.79. The van der Waals surface area contributed by atoms with Gasteiger partial charge in [-0.25, -0.2) is 0 Å². The molecule has 188 valence electrons. The standard InChI is InChI=1S/C29H32N2O5/c32-24-8-4-6-21(16-24)23-19-31(27-11-10-25(33)18-28(27)36-20-23)29(34)22-7-5-9-26(17-22)35-15-14-30-12-2-1-3-13-30/h4-11,16-18,23,32-33H,1-3,12-15,19-20H2. The van der Waals surface area contributed by atoms with Crippen molar-refractivity contribution in [2.75, 3.05) is 44.3 Å². The first kappa shape index (κ1) is 24.0. The number of benzene rings is 3. The Kier molecular flexibility index (Phi) is 7.28. The monoisotopic (exact) mass is 488 g/mol. The van der Waals surface area contributed by atoms with E-state index in [9.17, 15) is 15.0 Å². The SMILES string of the molecule is O=C(c1cccc(OCCN2CCCCC2)c1)N1CC(c2cccc(O)c2)COc2cc(O)ccc21. The molecule has 0 aromatic heterocycles. The average molecular weight is 489 g/mol. The Morgan fingerprint density at radius 2 is 1.75 bits per heavy atom. The van der Waals surface area contributed by atoms with Crippen molar-refractivity contribution >= 4 is 11.6 Å². The highest BCUT2D eigenvalue weighted by molar-refractivity contribution is 6.07. The highest BCUT2D eigenvalue weighted by Crippen LogP contribution is 2.38. The van der Waals surface area contributed by atoms with Crippen LogP contribution in [0.4, 0.5) is 5.69 Å². The molecule has 0 aliphatic carbocycles. The van der Waals surface area contributed by atoms with E-state index in [1.807, 2.05) is 18.2 Å². The van der Waals surface area contributed by atoms with E-state index < -0.39 is 0 Å². The third-order valence-corrected chi connectivity index (χ3v) is 6.87. The lowest BCUT2D eigenvalue weighted by Crippen LogP contribution is -2.34. The normalized spacial score (nSPS) is 18.1. The summed E-state index contributed by atoms with van der Waals surface area (Å²) in [6, 6.07) is 19.1. The molecule has 1 amide bonds. The smallest absolute Gasteiger partial charge is 0.258 e. The van der Waals surface area contributed by atoms with Crippen molar-refractivity contribution in [3.63, 3.8) is 0 Å². The maximum absolute atomic E-state index is 13.8. The molecular formula is C29H32N2O5. The highest BCUT2D eigenvalue weighted by Gasteiger charge is 2.29. The van der Waals surface area contributed by atoms with Gasteiger partial charge in [0.15, 0.2) is 0 Å². The number of rotatable bonds is 6. The van der Waals surface area contributed by atoms with E-state index in [4.69, 9.17) is 9.47 Å². The summed E-state index contributed by atoms with van der Waals surface area (Å²) in [5, 5.41) is 20.0. The van der Waals surface area contributed by atoms with Crippen LogP contribution in [-0.4, -0.2) is 60.4 Å². The minimum Gasteiger partial charge on any atom is -0.508 e. The first-order valence-corrected chi connectivity index (χ1v) is 12.6. The maximum atomic E-state index is 13.8. The van der Waals surface area contributed by atoms with Gasteiger partial charge in [0.25, 0.3) is 5.91 Å². The van der Waals surface area contributed by atoms with Crippen molar-refractivity contribution in [1.29, 1.82) is 0 Å². The number of amides is 1. The molecule has 0 saturated carbocycles. The van der Waals surface area contributed by atoms with Crippen LogP contribution in [0, 0.1) is 0 Å². The van der Waals surface area contributed by atoms with Crippen LogP contribution >= 0.6 is 0 Å². The van der Waals surface area contributed by atoms with Crippen LogP contribution in [-0.2, 0) is 0 Å². The summed E-state index contributed by atoms with van der Waals surface area (Å²) in [5.74, 6) is 0.998. The van der Waals surface area contributed by atoms with Crippen molar-refractivity contribution in [3.8, 4) is 23.0 Å². The highest BCUT2D eigenvalue weighted by atomic mass is 16.5. The molecule has 7 nitrogen and oxygen atoms in total. The number of carbonyl (C=O) groups excluding carboxylic acids is 1. The molecule has 0 bridgehead atoms. The predicted molar refractivity (Wildman–Crippen MR) is 138 cm³/mol. The number of anilines is 1. The third kappa shape index (κ3) is 5.57. The summed E-state index contributed by atoms with van der Waals surface area (Å²) in [6.07, 6.45) is 3.79. The van der Waals surface area contributed by atoms with Gasteiger partial charge in [-0.05, 0) is 74.0 Å². The fourth-order valence-electron chi connectivity index (χ4n) is 4.93. The molecule has 5 rings (SSSR count). The van der Waals surface area contributed by atoms with Crippen LogP contribution in [0.2, 0.25) is 0 Å². The van der Waals surface area contributed by atoms with Gasteiger partial charge in [-0.1, -0.05) is 24.6 Å². The molecule has 2 aliphatic rings. The zero-order chi connectivity index (χ0) is 24.9. The van der Waals surface area contributed by atoms with E-state index in [-0.39, 0.29) is 23.3 Å². The van der Waals surface area contributed by atoms with E-state index in [1.54, 1.807) is 47.4 Å². The quantitative estimate of drug-likeness (QED) is 0.519. The summed E-state index contributed by atoms with van der Waals surface area (Å²) in [5.41, 5.74) is 1.98. The molecule has 2 N–H and O–H groups in total. The van der Waals surface area contributed by atoms with Gasteiger partial charge in [-0.2, -0.15) is 0 Å². The summed E-state index contributed by atoms with van der Waals surface area (Å²) in [7, 11) is 0. The van der Waals surface area contributed by atoms with Crippen LogP contribution in [0.15, 0.2) is 66.7 Å². The van der Waals surface area contributed by atoms with E-state index >= 15 is 0 Å². The maximum Gasteiger partial charge on any atom is 0.258 e. The molecule has 0 spiro atoms. The fraction of sp³-hybridized carbons (Fsp3) is 0.345. The van der Waals surface area contributed by atoms with Gasteiger partial charge < -0.3 is 24.6 Å². The number of piperidine rings is 1. The van der Waals surface area contributed by atoms with Crippen molar-refractivity contribution in [2.24, 2.45) is 0 Å². The third-order valence-electron chi connectivity index (χ3n) is 6.87. The van der Waals surface area contributed by atoms with Gasteiger partial charge in [0, 0.05) is 30.6 Å². The van der Waals surface area contributed by atoms with Gasteiger partial charge in [-0.3, -0.25) is 9.69 Å². The Morgan fingerprint density at radius 3 is 2.58 bits per heavy atom. The Labute approximate surface area is 211 Å². The summed E-state index contributed by atoms with van der Waals surface area (Å²) < 4.78 is 12.0. The second kappa shape index (κ2) is 10.9. The zero-order valence-corrected chi connectivity index (χ0v) is 20.3. The number of nitrogens with zero attached hydrogens (tertiary/aromatic N) is 2. The Hall–Kier alpha value is -3.71. The average Bonchev–Trinajstić information content (AvgIpc) is 3.08. The number of hydrogen-bond donors (Lipinski definition) is 2. The van der Waals surface area contributed by atoms with Crippen molar-refractivity contribution in [2.45, 2.75) is 25.2 Å². The first-order chi connectivity index (χ1) is 17.6. The second-order valence-electron chi connectivity index (χ2n) is 9.45. The lowest BCUT2D eigenvalue weighted by Gasteiger charge is -2.26. The van der Waals surface area contributed by atoms with Crippen LogP contribution in [0.25, 0.3) is 0 Å². The van der Waals surface area contributed by atoms with E-state index in [2.05, 4.69) is 4.90 Å². The molecule has 3 aromatic carbocycles. The van der Waals surface area contributed by atoms with Crippen molar-refractivity contribution < 1.29 is 24.5 Å². The fourth-order valence-corrected chi connectivity index (χ4v) is 4.93. The topological polar surface area (TPSA) is 82.5 Å². The van der Waals surface area contributed by atoms with Crippen LogP contribution < -0.4 is 14.4 Å². The molecule has 1 atom stereocenters.